The minimum atomic E-state index is -0.598. The lowest BCUT2D eigenvalue weighted by molar-refractivity contribution is -0.151. The van der Waals surface area contributed by atoms with E-state index in [-0.39, 0.29) is 23.2 Å². The molecule has 1 aliphatic rings. The summed E-state index contributed by atoms with van der Waals surface area (Å²) in [5.41, 5.74) is 4.56. The third kappa shape index (κ3) is 4.69. The fourth-order valence-corrected chi connectivity index (χ4v) is 3.63. The van der Waals surface area contributed by atoms with Gasteiger partial charge in [0.25, 0.3) is 0 Å². The number of carbonyl (C=O) groups excluding carboxylic acids is 2. The number of nitrogens with one attached hydrogen (secondary N) is 1. The molecule has 0 radical (unpaired) electrons. The Morgan fingerprint density at radius 3 is 2.74 bits per heavy atom. The predicted molar refractivity (Wildman–Crippen MR) is 76.9 cm³/mol. The average molecular weight is 288 g/mol. The van der Waals surface area contributed by atoms with Crippen LogP contribution in [-0.2, 0) is 14.3 Å². The maximum atomic E-state index is 12.2. The lowest BCUT2D eigenvalue weighted by atomic mass is 9.96. The van der Waals surface area contributed by atoms with E-state index in [0.717, 1.165) is 12.8 Å². The number of esters is 1. The van der Waals surface area contributed by atoms with E-state index < -0.39 is 5.54 Å². The van der Waals surface area contributed by atoms with Gasteiger partial charge in [0.15, 0.2) is 0 Å². The second-order valence-corrected chi connectivity index (χ2v) is 6.53. The summed E-state index contributed by atoms with van der Waals surface area (Å²) in [6.45, 7) is 6.24. The van der Waals surface area contributed by atoms with Crippen molar-refractivity contribution < 1.29 is 14.3 Å². The molecular formula is C13H24N2O3S. The van der Waals surface area contributed by atoms with Crippen LogP contribution < -0.4 is 11.1 Å². The van der Waals surface area contributed by atoms with Gasteiger partial charge in [0.05, 0.1) is 12.4 Å². The first-order chi connectivity index (χ1) is 8.89. The topological polar surface area (TPSA) is 81.4 Å². The zero-order valence-corrected chi connectivity index (χ0v) is 12.7. The lowest BCUT2D eigenvalue weighted by Crippen LogP contribution is -2.54. The van der Waals surface area contributed by atoms with Crippen LogP contribution in [0, 0.1) is 0 Å². The van der Waals surface area contributed by atoms with Crippen molar-refractivity contribution in [2.24, 2.45) is 5.73 Å². The molecular weight excluding hydrogens is 264 g/mol. The number of primary amides is 1. The molecule has 0 bridgehead atoms. The van der Waals surface area contributed by atoms with Gasteiger partial charge in [0.1, 0.15) is 5.54 Å². The van der Waals surface area contributed by atoms with Crippen molar-refractivity contribution in [3.63, 3.8) is 0 Å². The standard InChI is InChI=1S/C13H24N2O3S/c1-4-18-12(17)13(15-9(2)3)6-5-10(7-13)19-8-11(14)16/h9-10,15H,4-8H2,1-3H3,(H2,14,16). The summed E-state index contributed by atoms with van der Waals surface area (Å²) in [6, 6.07) is 0.212. The molecule has 6 heteroatoms. The average Bonchev–Trinajstić information content (AvgIpc) is 2.70. The van der Waals surface area contributed by atoms with Crippen LogP contribution in [0.25, 0.3) is 0 Å². The Hall–Kier alpha value is -0.750. The molecule has 2 unspecified atom stereocenters. The normalized spacial score (nSPS) is 26.6. The van der Waals surface area contributed by atoms with Gasteiger partial charge in [-0.05, 0) is 40.0 Å². The van der Waals surface area contributed by atoms with Gasteiger partial charge in [0, 0.05) is 11.3 Å². The first-order valence-corrected chi connectivity index (χ1v) is 7.79. The van der Waals surface area contributed by atoms with Crippen molar-refractivity contribution in [3.05, 3.63) is 0 Å². The second-order valence-electron chi connectivity index (χ2n) is 5.24. The minimum Gasteiger partial charge on any atom is -0.465 e. The van der Waals surface area contributed by atoms with Gasteiger partial charge in [-0.2, -0.15) is 0 Å². The van der Waals surface area contributed by atoms with Crippen LogP contribution in [0.5, 0.6) is 0 Å². The summed E-state index contributed by atoms with van der Waals surface area (Å²) < 4.78 is 5.20. The molecule has 3 N–H and O–H groups in total. The number of carbonyl (C=O) groups is 2. The number of thioether (sulfide) groups is 1. The largest absolute Gasteiger partial charge is 0.465 e. The Morgan fingerprint density at radius 1 is 1.53 bits per heavy atom. The molecule has 1 aliphatic carbocycles. The van der Waals surface area contributed by atoms with Crippen molar-refractivity contribution in [2.45, 2.75) is 56.9 Å². The Morgan fingerprint density at radius 2 is 2.21 bits per heavy atom. The summed E-state index contributed by atoms with van der Waals surface area (Å²) in [7, 11) is 0. The number of hydrogen-bond donors (Lipinski definition) is 2. The molecule has 0 spiro atoms. The zero-order valence-electron chi connectivity index (χ0n) is 11.9. The number of ether oxygens (including phenoxy) is 1. The molecule has 1 rings (SSSR count). The maximum absolute atomic E-state index is 12.2. The first-order valence-electron chi connectivity index (χ1n) is 6.74. The van der Waals surface area contributed by atoms with Gasteiger partial charge in [-0.25, -0.2) is 0 Å². The summed E-state index contributed by atoms with van der Waals surface area (Å²) >= 11 is 1.53. The molecule has 1 fully saturated rings. The third-order valence-corrected chi connectivity index (χ3v) is 4.49. The van der Waals surface area contributed by atoms with Crippen molar-refractivity contribution >= 4 is 23.6 Å². The highest BCUT2D eigenvalue weighted by Crippen LogP contribution is 2.38. The molecule has 0 heterocycles. The molecule has 110 valence electrons. The molecule has 0 aliphatic heterocycles. The summed E-state index contributed by atoms with van der Waals surface area (Å²) in [4.78, 5) is 23.0. The van der Waals surface area contributed by atoms with Crippen LogP contribution in [0.4, 0.5) is 0 Å². The molecule has 1 saturated carbocycles. The Labute approximate surface area is 119 Å². The van der Waals surface area contributed by atoms with E-state index in [1.54, 1.807) is 0 Å². The SMILES string of the molecule is CCOC(=O)C1(NC(C)C)CCC(SCC(N)=O)C1. The van der Waals surface area contributed by atoms with E-state index >= 15 is 0 Å². The van der Waals surface area contributed by atoms with E-state index in [1.807, 2.05) is 20.8 Å². The number of nitrogens with two attached hydrogens (primary N) is 1. The van der Waals surface area contributed by atoms with Crippen LogP contribution in [0.15, 0.2) is 0 Å². The van der Waals surface area contributed by atoms with Gasteiger partial charge < -0.3 is 10.5 Å². The Balaban J connectivity index is 2.67. The van der Waals surface area contributed by atoms with E-state index in [4.69, 9.17) is 10.5 Å². The van der Waals surface area contributed by atoms with Gasteiger partial charge in [-0.15, -0.1) is 11.8 Å². The minimum absolute atomic E-state index is 0.175. The van der Waals surface area contributed by atoms with E-state index in [0.29, 0.717) is 18.8 Å². The third-order valence-electron chi connectivity index (χ3n) is 3.16. The van der Waals surface area contributed by atoms with Crippen LogP contribution >= 0.6 is 11.8 Å². The summed E-state index contributed by atoms with van der Waals surface area (Å²) in [5, 5.41) is 3.63. The van der Waals surface area contributed by atoms with Crippen LogP contribution in [0.2, 0.25) is 0 Å². The smallest absolute Gasteiger partial charge is 0.326 e. The second kappa shape index (κ2) is 7.14. The fourth-order valence-electron chi connectivity index (χ4n) is 2.54. The van der Waals surface area contributed by atoms with Gasteiger partial charge in [0.2, 0.25) is 5.91 Å². The molecule has 1 amide bonds. The van der Waals surface area contributed by atoms with Crippen molar-refractivity contribution in [1.29, 1.82) is 0 Å². The maximum Gasteiger partial charge on any atom is 0.326 e. The van der Waals surface area contributed by atoms with Crippen LogP contribution in [0.3, 0.4) is 0 Å². The molecule has 5 nitrogen and oxygen atoms in total. The molecule has 0 aromatic heterocycles. The lowest BCUT2D eigenvalue weighted by Gasteiger charge is -2.30. The molecule has 2 atom stereocenters. The summed E-state index contributed by atoms with van der Waals surface area (Å²) in [5.74, 6) is -0.174. The van der Waals surface area contributed by atoms with Gasteiger partial charge in [-0.3, -0.25) is 14.9 Å². The van der Waals surface area contributed by atoms with Crippen LogP contribution in [-0.4, -0.2) is 41.1 Å². The quantitative estimate of drug-likeness (QED) is 0.685. The monoisotopic (exact) mass is 288 g/mol. The number of rotatable bonds is 7. The van der Waals surface area contributed by atoms with E-state index in [2.05, 4.69) is 5.32 Å². The molecule has 19 heavy (non-hydrogen) atoms. The fraction of sp³-hybridized carbons (Fsp3) is 0.846. The zero-order chi connectivity index (χ0) is 14.5. The van der Waals surface area contributed by atoms with E-state index in [9.17, 15) is 9.59 Å². The molecule has 0 aromatic carbocycles. The first kappa shape index (κ1) is 16.3. The Bertz CT molecular complexity index is 336. The predicted octanol–water partition coefficient (Wildman–Crippen LogP) is 1.06. The van der Waals surface area contributed by atoms with Crippen molar-refractivity contribution in [1.82, 2.24) is 5.32 Å². The highest BCUT2D eigenvalue weighted by atomic mass is 32.2. The Kier molecular flexibility index (Phi) is 6.13. The van der Waals surface area contributed by atoms with E-state index in [1.165, 1.54) is 11.8 Å². The van der Waals surface area contributed by atoms with Gasteiger partial charge >= 0.3 is 5.97 Å². The molecule has 0 saturated heterocycles. The van der Waals surface area contributed by atoms with Gasteiger partial charge in [-0.1, -0.05) is 0 Å². The highest BCUT2D eigenvalue weighted by Gasteiger charge is 2.46. The molecule has 0 aromatic rings. The van der Waals surface area contributed by atoms with Crippen LogP contribution in [0.1, 0.15) is 40.0 Å². The van der Waals surface area contributed by atoms with Crippen molar-refractivity contribution in [3.8, 4) is 0 Å². The summed E-state index contributed by atoms with van der Waals surface area (Å²) in [6.07, 6.45) is 2.35. The number of amides is 1. The van der Waals surface area contributed by atoms with Crippen molar-refractivity contribution in [2.75, 3.05) is 12.4 Å². The highest BCUT2D eigenvalue weighted by molar-refractivity contribution is 8.00. The number of hydrogen-bond acceptors (Lipinski definition) is 5.